The highest BCUT2D eigenvalue weighted by Crippen LogP contribution is 2.23. The number of aliphatic imine (C=N–C) groups is 1. The monoisotopic (exact) mass is 497 g/mol. The first-order chi connectivity index (χ1) is 11.5. The zero-order valence-electron chi connectivity index (χ0n) is 14.0. The lowest BCUT2D eigenvalue weighted by Gasteiger charge is -2.16. The van der Waals surface area contributed by atoms with E-state index in [1.165, 1.54) is 0 Å². The van der Waals surface area contributed by atoms with Crippen LogP contribution >= 0.6 is 47.2 Å². The van der Waals surface area contributed by atoms with E-state index in [-0.39, 0.29) is 30.5 Å². The van der Waals surface area contributed by atoms with Gasteiger partial charge in [-0.05, 0) is 36.8 Å². The molecule has 25 heavy (non-hydrogen) atoms. The van der Waals surface area contributed by atoms with Gasteiger partial charge in [-0.1, -0.05) is 23.2 Å². The molecule has 0 saturated heterocycles. The van der Waals surface area contributed by atoms with Crippen molar-refractivity contribution in [2.75, 3.05) is 13.1 Å². The fourth-order valence-electron chi connectivity index (χ4n) is 2.14. The van der Waals surface area contributed by atoms with Crippen LogP contribution in [0.15, 0.2) is 35.5 Å². The zero-order chi connectivity index (χ0) is 17.5. The second-order valence-corrected chi connectivity index (χ2v) is 6.11. The van der Waals surface area contributed by atoms with Crippen molar-refractivity contribution in [1.29, 1.82) is 0 Å². The molecule has 0 bridgehead atoms. The third-order valence-corrected chi connectivity index (χ3v) is 3.83. The SMILES string of the molecule is CCNC(=NCc1ccnn1C)NCC(O)c1cc(Cl)cc(Cl)c1.I. The summed E-state index contributed by atoms with van der Waals surface area (Å²) in [6, 6.07) is 6.93. The van der Waals surface area contributed by atoms with Gasteiger partial charge in [0.25, 0.3) is 0 Å². The summed E-state index contributed by atoms with van der Waals surface area (Å²) in [6.07, 6.45) is 0.986. The lowest BCUT2D eigenvalue weighted by atomic mass is 10.1. The standard InChI is InChI=1S/C16H21Cl2N5O.HI/c1-3-19-16(20-9-14-4-5-22-23(14)2)21-10-15(24)11-6-12(17)8-13(18)7-11;/h4-8,15,24H,3,9-10H2,1-2H3,(H2,19,20,21);1H. The molecule has 0 amide bonds. The second kappa shape index (κ2) is 10.8. The molecule has 1 atom stereocenters. The molecule has 0 spiro atoms. The molecule has 1 unspecified atom stereocenters. The molecule has 2 aromatic rings. The molecule has 3 N–H and O–H groups in total. The lowest BCUT2D eigenvalue weighted by Crippen LogP contribution is -2.39. The van der Waals surface area contributed by atoms with Crippen LogP contribution in [-0.4, -0.2) is 33.9 Å². The van der Waals surface area contributed by atoms with Crippen LogP contribution in [0.3, 0.4) is 0 Å². The molecule has 2 rings (SSSR count). The van der Waals surface area contributed by atoms with Crippen LogP contribution in [-0.2, 0) is 13.6 Å². The Balaban J connectivity index is 0.00000312. The minimum atomic E-state index is -0.748. The van der Waals surface area contributed by atoms with Crippen molar-refractivity contribution in [3.05, 3.63) is 51.8 Å². The Morgan fingerprint density at radius 3 is 2.52 bits per heavy atom. The van der Waals surface area contributed by atoms with Gasteiger partial charge in [0.1, 0.15) is 0 Å². The van der Waals surface area contributed by atoms with Gasteiger partial charge < -0.3 is 15.7 Å². The zero-order valence-corrected chi connectivity index (χ0v) is 17.9. The number of hydrogen-bond donors (Lipinski definition) is 3. The van der Waals surface area contributed by atoms with Crippen molar-refractivity contribution >= 4 is 53.1 Å². The van der Waals surface area contributed by atoms with Gasteiger partial charge in [-0.25, -0.2) is 4.99 Å². The lowest BCUT2D eigenvalue weighted by molar-refractivity contribution is 0.181. The fraction of sp³-hybridized carbons (Fsp3) is 0.375. The van der Waals surface area contributed by atoms with Gasteiger partial charge >= 0.3 is 0 Å². The van der Waals surface area contributed by atoms with Crippen LogP contribution in [0.2, 0.25) is 10.0 Å². The maximum atomic E-state index is 10.3. The van der Waals surface area contributed by atoms with Crippen molar-refractivity contribution in [2.24, 2.45) is 12.0 Å². The largest absolute Gasteiger partial charge is 0.387 e. The number of aliphatic hydroxyl groups excluding tert-OH is 1. The molecule has 0 aliphatic rings. The third kappa shape index (κ3) is 7.01. The van der Waals surface area contributed by atoms with Gasteiger partial charge in [-0.15, -0.1) is 24.0 Å². The second-order valence-electron chi connectivity index (χ2n) is 5.24. The smallest absolute Gasteiger partial charge is 0.191 e. The number of halogens is 3. The van der Waals surface area contributed by atoms with Crippen molar-refractivity contribution in [3.63, 3.8) is 0 Å². The normalized spacial score (nSPS) is 12.4. The van der Waals surface area contributed by atoms with Gasteiger partial charge in [0.15, 0.2) is 5.96 Å². The highest BCUT2D eigenvalue weighted by atomic mass is 127. The number of hydrogen-bond acceptors (Lipinski definition) is 3. The molecule has 6 nitrogen and oxygen atoms in total. The Hall–Kier alpha value is -1.03. The van der Waals surface area contributed by atoms with E-state index in [2.05, 4.69) is 20.7 Å². The van der Waals surface area contributed by atoms with Crippen molar-refractivity contribution < 1.29 is 5.11 Å². The summed E-state index contributed by atoms with van der Waals surface area (Å²) in [5, 5.41) is 21.7. The van der Waals surface area contributed by atoms with Crippen molar-refractivity contribution in [2.45, 2.75) is 19.6 Å². The highest BCUT2D eigenvalue weighted by molar-refractivity contribution is 14.0. The Morgan fingerprint density at radius 2 is 1.96 bits per heavy atom. The fourth-order valence-corrected chi connectivity index (χ4v) is 2.68. The summed E-state index contributed by atoms with van der Waals surface area (Å²) in [5.41, 5.74) is 1.65. The average molecular weight is 498 g/mol. The van der Waals surface area contributed by atoms with Gasteiger partial charge in [-0.3, -0.25) is 4.68 Å². The molecule has 9 heteroatoms. The molecular weight excluding hydrogens is 476 g/mol. The number of nitrogens with zero attached hydrogens (tertiary/aromatic N) is 3. The van der Waals surface area contributed by atoms with E-state index in [4.69, 9.17) is 23.2 Å². The first-order valence-electron chi connectivity index (χ1n) is 7.62. The molecule has 0 aliphatic carbocycles. The van der Waals surface area contributed by atoms with E-state index in [0.29, 0.717) is 28.1 Å². The minimum Gasteiger partial charge on any atom is -0.387 e. The van der Waals surface area contributed by atoms with Crippen LogP contribution < -0.4 is 10.6 Å². The van der Waals surface area contributed by atoms with E-state index in [1.807, 2.05) is 20.0 Å². The number of aromatic nitrogens is 2. The molecule has 1 heterocycles. The number of aryl methyl sites for hydroxylation is 1. The van der Waals surface area contributed by atoms with Crippen molar-refractivity contribution in [3.8, 4) is 0 Å². The summed E-state index contributed by atoms with van der Waals surface area (Å²) in [7, 11) is 1.87. The van der Waals surface area contributed by atoms with Gasteiger partial charge in [0.05, 0.1) is 18.3 Å². The Labute approximate surface area is 174 Å². The predicted molar refractivity (Wildman–Crippen MR) is 113 cm³/mol. The maximum absolute atomic E-state index is 10.3. The Morgan fingerprint density at radius 1 is 1.28 bits per heavy atom. The Bertz CT molecular complexity index is 687. The molecule has 0 fully saturated rings. The summed E-state index contributed by atoms with van der Waals surface area (Å²) < 4.78 is 1.77. The molecular formula is C16H22Cl2IN5O. The summed E-state index contributed by atoms with van der Waals surface area (Å²) in [6.45, 7) is 3.48. The van der Waals surface area contributed by atoms with E-state index < -0.39 is 6.10 Å². The quantitative estimate of drug-likeness (QED) is 0.325. The number of benzene rings is 1. The van der Waals surface area contributed by atoms with Gasteiger partial charge in [0.2, 0.25) is 0 Å². The maximum Gasteiger partial charge on any atom is 0.191 e. The first-order valence-corrected chi connectivity index (χ1v) is 8.38. The average Bonchev–Trinajstić information content (AvgIpc) is 2.94. The number of nitrogens with one attached hydrogen (secondary N) is 2. The number of guanidine groups is 1. The summed E-state index contributed by atoms with van der Waals surface area (Å²) in [5.74, 6) is 0.617. The van der Waals surface area contributed by atoms with Gasteiger partial charge in [0, 0.05) is 36.4 Å². The first kappa shape index (κ1) is 22.0. The third-order valence-electron chi connectivity index (χ3n) is 3.40. The highest BCUT2D eigenvalue weighted by Gasteiger charge is 2.10. The Kier molecular flexibility index (Phi) is 9.55. The van der Waals surface area contributed by atoms with Crippen LogP contribution in [0, 0.1) is 0 Å². The number of rotatable bonds is 6. The summed E-state index contributed by atoms with van der Waals surface area (Å²) >= 11 is 11.9. The van der Waals surface area contributed by atoms with E-state index in [9.17, 15) is 5.11 Å². The van der Waals surface area contributed by atoms with Crippen LogP contribution in [0.25, 0.3) is 0 Å². The van der Waals surface area contributed by atoms with Crippen LogP contribution in [0.4, 0.5) is 0 Å². The minimum absolute atomic E-state index is 0. The van der Waals surface area contributed by atoms with Crippen molar-refractivity contribution in [1.82, 2.24) is 20.4 Å². The van der Waals surface area contributed by atoms with Crippen LogP contribution in [0.1, 0.15) is 24.3 Å². The predicted octanol–water partition coefficient (Wildman–Crippen LogP) is 3.13. The molecule has 1 aromatic carbocycles. The molecule has 138 valence electrons. The van der Waals surface area contributed by atoms with E-state index >= 15 is 0 Å². The molecule has 0 radical (unpaired) electrons. The van der Waals surface area contributed by atoms with E-state index in [1.54, 1.807) is 29.1 Å². The topological polar surface area (TPSA) is 74.5 Å². The molecule has 1 aromatic heterocycles. The molecule has 0 saturated carbocycles. The van der Waals surface area contributed by atoms with Crippen LogP contribution in [0.5, 0.6) is 0 Å². The molecule has 0 aliphatic heterocycles. The number of aliphatic hydroxyl groups is 1. The summed E-state index contributed by atoms with van der Waals surface area (Å²) in [4.78, 5) is 4.49. The van der Waals surface area contributed by atoms with Gasteiger partial charge in [-0.2, -0.15) is 5.10 Å². The van der Waals surface area contributed by atoms with E-state index in [0.717, 1.165) is 12.2 Å².